The first kappa shape index (κ1) is 18.2. The van der Waals surface area contributed by atoms with Crippen molar-refractivity contribution in [2.45, 2.75) is 24.8 Å². The number of ketones is 1. The average Bonchev–Trinajstić information content (AvgIpc) is 2.90. The molecule has 6 nitrogen and oxygen atoms in total. The summed E-state index contributed by atoms with van der Waals surface area (Å²) in [4.78, 5) is 24.4. The monoisotopic (exact) mass is 394 g/mol. The number of benzene rings is 3. The smallest absolute Gasteiger partial charge is 0.265 e. The molecule has 0 fully saturated rings. The molecule has 1 heterocycles. The minimum Gasteiger partial charge on any atom is -0.324 e. The summed E-state index contributed by atoms with van der Waals surface area (Å²) >= 11 is 0. The maximum atomic E-state index is 13.1. The van der Waals surface area contributed by atoms with Crippen molar-refractivity contribution in [1.29, 1.82) is 0 Å². The molecule has 1 atom stereocenters. The molecule has 0 saturated carbocycles. The summed E-state index contributed by atoms with van der Waals surface area (Å²) < 4.78 is 27.4. The van der Waals surface area contributed by atoms with Gasteiger partial charge in [0, 0.05) is 16.6 Å². The summed E-state index contributed by atoms with van der Waals surface area (Å²) in [5.41, 5.74) is 1.53. The van der Waals surface area contributed by atoms with Crippen LogP contribution < -0.4 is 9.62 Å². The van der Waals surface area contributed by atoms with Crippen LogP contribution in [0.4, 0.5) is 11.4 Å². The van der Waals surface area contributed by atoms with Gasteiger partial charge in [-0.3, -0.25) is 13.9 Å². The van der Waals surface area contributed by atoms with Crippen molar-refractivity contribution in [2.24, 2.45) is 0 Å². The van der Waals surface area contributed by atoms with Crippen molar-refractivity contribution in [3.05, 3.63) is 66.2 Å². The van der Waals surface area contributed by atoms with Crippen LogP contribution in [0.2, 0.25) is 0 Å². The molecule has 0 saturated heterocycles. The van der Waals surface area contributed by atoms with Gasteiger partial charge in [0.2, 0.25) is 5.91 Å². The van der Waals surface area contributed by atoms with Crippen molar-refractivity contribution in [1.82, 2.24) is 0 Å². The van der Waals surface area contributed by atoms with Gasteiger partial charge in [-0.2, -0.15) is 0 Å². The van der Waals surface area contributed by atoms with Gasteiger partial charge in [-0.05, 0) is 55.6 Å². The first-order valence-corrected chi connectivity index (χ1v) is 10.2. The Bertz CT molecular complexity index is 1210. The molecule has 0 spiro atoms. The molecule has 1 N–H and O–H groups in total. The molecular formula is C21H18N2O4S. The van der Waals surface area contributed by atoms with E-state index in [2.05, 4.69) is 5.32 Å². The van der Waals surface area contributed by atoms with Crippen LogP contribution in [0.15, 0.2) is 65.6 Å². The largest absolute Gasteiger partial charge is 0.324 e. The third kappa shape index (κ3) is 2.75. The summed E-state index contributed by atoms with van der Waals surface area (Å²) in [7, 11) is -3.83. The Morgan fingerprint density at radius 1 is 0.964 bits per heavy atom. The first-order chi connectivity index (χ1) is 13.3. The lowest BCUT2D eigenvalue weighted by Crippen LogP contribution is -2.43. The molecule has 1 aliphatic heterocycles. The highest BCUT2D eigenvalue weighted by Gasteiger charge is 2.40. The van der Waals surface area contributed by atoms with Crippen molar-refractivity contribution in [2.75, 3.05) is 9.62 Å². The maximum Gasteiger partial charge on any atom is 0.265 e. The van der Waals surface area contributed by atoms with Crippen LogP contribution in [0.1, 0.15) is 24.2 Å². The van der Waals surface area contributed by atoms with Crippen LogP contribution in [-0.4, -0.2) is 26.2 Å². The highest BCUT2D eigenvalue weighted by molar-refractivity contribution is 7.93. The van der Waals surface area contributed by atoms with Crippen LogP contribution in [0.5, 0.6) is 0 Å². The Labute approximate surface area is 162 Å². The quantitative estimate of drug-likeness (QED) is 0.686. The number of hydrogen-bond acceptors (Lipinski definition) is 4. The fourth-order valence-corrected chi connectivity index (χ4v) is 5.35. The number of nitrogens with zero attached hydrogens (tertiary/aromatic N) is 1. The summed E-state index contributed by atoms with van der Waals surface area (Å²) in [6, 6.07) is 16.0. The van der Waals surface area contributed by atoms with Crippen molar-refractivity contribution in [3.8, 4) is 0 Å². The molecule has 142 valence electrons. The molecule has 0 aliphatic carbocycles. The van der Waals surface area contributed by atoms with E-state index in [1.807, 2.05) is 12.1 Å². The zero-order chi connectivity index (χ0) is 20.1. The van der Waals surface area contributed by atoms with E-state index in [9.17, 15) is 18.0 Å². The van der Waals surface area contributed by atoms with E-state index in [1.54, 1.807) is 55.5 Å². The number of nitrogens with one attached hydrogen (secondary N) is 1. The highest BCUT2D eigenvalue weighted by Crippen LogP contribution is 2.43. The van der Waals surface area contributed by atoms with E-state index >= 15 is 0 Å². The molecule has 3 aromatic rings. The zero-order valence-corrected chi connectivity index (χ0v) is 16.2. The summed E-state index contributed by atoms with van der Waals surface area (Å²) in [6.45, 7) is 3.02. The van der Waals surface area contributed by atoms with E-state index in [0.717, 1.165) is 5.39 Å². The minimum absolute atomic E-state index is 0.0692. The van der Waals surface area contributed by atoms with Crippen LogP contribution in [-0.2, 0) is 14.8 Å². The van der Waals surface area contributed by atoms with Gasteiger partial charge in [-0.1, -0.05) is 24.3 Å². The Balaban J connectivity index is 1.66. The van der Waals surface area contributed by atoms with Crippen molar-refractivity contribution in [3.63, 3.8) is 0 Å². The summed E-state index contributed by atoms with van der Waals surface area (Å²) in [6.07, 6.45) is 0. The highest BCUT2D eigenvalue weighted by atomic mass is 32.2. The van der Waals surface area contributed by atoms with Gasteiger partial charge < -0.3 is 5.32 Å². The van der Waals surface area contributed by atoms with Gasteiger partial charge in [0.25, 0.3) is 10.0 Å². The third-order valence-corrected chi connectivity index (χ3v) is 6.84. The average molecular weight is 394 g/mol. The maximum absolute atomic E-state index is 13.1. The van der Waals surface area contributed by atoms with Crippen LogP contribution in [0.3, 0.4) is 0 Å². The number of carbonyl (C=O) groups excluding carboxylic acids is 2. The molecule has 7 heteroatoms. The van der Waals surface area contributed by atoms with E-state index in [1.165, 1.54) is 11.2 Å². The van der Waals surface area contributed by atoms with Gasteiger partial charge >= 0.3 is 0 Å². The summed E-state index contributed by atoms with van der Waals surface area (Å²) in [5, 5.41) is 4.17. The lowest BCUT2D eigenvalue weighted by Gasteiger charge is -2.25. The zero-order valence-electron chi connectivity index (χ0n) is 15.3. The molecular weight excluding hydrogens is 376 g/mol. The second kappa shape index (κ2) is 6.45. The van der Waals surface area contributed by atoms with Gasteiger partial charge in [-0.15, -0.1) is 0 Å². The van der Waals surface area contributed by atoms with Crippen LogP contribution in [0.25, 0.3) is 10.8 Å². The molecule has 0 radical (unpaired) electrons. The lowest BCUT2D eigenvalue weighted by molar-refractivity contribution is -0.116. The SMILES string of the molecule is CC(=O)c1ccc(NC(=O)C(C)N2c3cccc4cccc(c34)S2(=O)=O)cc1. The van der Waals surface area contributed by atoms with E-state index < -0.39 is 22.0 Å². The van der Waals surface area contributed by atoms with Crippen LogP contribution in [0, 0.1) is 0 Å². The van der Waals surface area contributed by atoms with Gasteiger partial charge in [-0.25, -0.2) is 8.42 Å². The van der Waals surface area contributed by atoms with Gasteiger partial charge in [0.15, 0.2) is 5.78 Å². The number of hydrogen-bond donors (Lipinski definition) is 1. The molecule has 1 aliphatic rings. The predicted octanol–water partition coefficient (Wildman–Crippen LogP) is 3.58. The molecule has 1 unspecified atom stereocenters. The third-order valence-electron chi connectivity index (χ3n) is 4.91. The fraction of sp³-hybridized carbons (Fsp3) is 0.143. The second-order valence-electron chi connectivity index (χ2n) is 6.73. The standard InChI is InChI=1S/C21H18N2O4S/c1-13(21(25)22-17-11-9-15(10-12-17)14(2)24)23-18-7-3-5-16-6-4-8-19(20(16)18)28(23,26)27/h3-13H,1-2H3,(H,22,25). The Morgan fingerprint density at radius 2 is 1.61 bits per heavy atom. The van der Waals surface area contributed by atoms with E-state index in [0.29, 0.717) is 22.3 Å². The van der Waals surface area contributed by atoms with E-state index in [-0.39, 0.29) is 10.7 Å². The Hall–Kier alpha value is -3.19. The normalized spacial score (nSPS) is 15.4. The Kier molecular flexibility index (Phi) is 4.19. The number of rotatable bonds is 4. The van der Waals surface area contributed by atoms with Gasteiger partial charge in [0.1, 0.15) is 6.04 Å². The lowest BCUT2D eigenvalue weighted by atomic mass is 10.1. The second-order valence-corrected chi connectivity index (χ2v) is 8.51. The molecule has 0 bridgehead atoms. The fourth-order valence-electron chi connectivity index (χ4n) is 3.48. The number of sulfonamides is 1. The minimum atomic E-state index is -3.83. The number of amides is 1. The molecule has 28 heavy (non-hydrogen) atoms. The number of anilines is 2. The molecule has 1 amide bonds. The number of Topliss-reactive ketones (excluding diaryl/α,β-unsaturated/α-hetero) is 1. The summed E-state index contributed by atoms with van der Waals surface area (Å²) in [5.74, 6) is -0.524. The molecule has 4 rings (SSSR count). The first-order valence-electron chi connectivity index (χ1n) is 8.79. The Morgan fingerprint density at radius 3 is 2.25 bits per heavy atom. The van der Waals surface area contributed by atoms with Crippen molar-refractivity contribution < 1.29 is 18.0 Å². The number of carbonyl (C=O) groups is 2. The van der Waals surface area contributed by atoms with Crippen LogP contribution >= 0.6 is 0 Å². The van der Waals surface area contributed by atoms with E-state index in [4.69, 9.17) is 0 Å². The topological polar surface area (TPSA) is 83.6 Å². The molecule has 3 aromatic carbocycles. The molecule has 0 aromatic heterocycles. The predicted molar refractivity (Wildman–Crippen MR) is 108 cm³/mol. The van der Waals surface area contributed by atoms with Gasteiger partial charge in [0.05, 0.1) is 10.6 Å². The van der Waals surface area contributed by atoms with Crippen molar-refractivity contribution >= 4 is 43.9 Å².